The zero-order chi connectivity index (χ0) is 17.4. The van der Waals surface area contributed by atoms with E-state index >= 15 is 0 Å². The molecular formula is C19H24N2O3. The molecule has 0 aliphatic carbocycles. The van der Waals surface area contributed by atoms with Crippen LogP contribution in [0.5, 0.6) is 5.75 Å². The molecule has 0 saturated carbocycles. The first kappa shape index (κ1) is 17.8. The summed E-state index contributed by atoms with van der Waals surface area (Å²) in [7, 11) is 0. The molecule has 0 aliphatic rings. The number of amides is 1. The average molecular weight is 328 g/mol. The number of carbonyl (C=O) groups excluding carboxylic acids is 1. The Hall–Kier alpha value is -2.53. The largest absolute Gasteiger partial charge is 0.487 e. The minimum Gasteiger partial charge on any atom is -0.487 e. The highest BCUT2D eigenvalue weighted by Crippen LogP contribution is 2.24. The van der Waals surface area contributed by atoms with Crippen LogP contribution in [0.2, 0.25) is 0 Å². The maximum absolute atomic E-state index is 11.7. The van der Waals surface area contributed by atoms with Gasteiger partial charge in [0.05, 0.1) is 11.8 Å². The van der Waals surface area contributed by atoms with Crippen LogP contribution in [-0.2, 0) is 17.8 Å². The standard InChI is InChI=1S/C19H24N2O3/c1-14(22)12-21-19(23)10-8-15-7-9-18(17(20)11-15)24-13-16-5-3-2-4-6-16/h2-7,9,11,14,22H,8,10,12-13,20H2,1H3,(H,21,23). The molecule has 0 bridgehead atoms. The van der Waals surface area contributed by atoms with Gasteiger partial charge in [-0.3, -0.25) is 4.79 Å². The van der Waals surface area contributed by atoms with Gasteiger partial charge in [-0.2, -0.15) is 0 Å². The molecule has 2 aromatic carbocycles. The number of nitrogen functional groups attached to an aromatic ring is 1. The lowest BCUT2D eigenvalue weighted by Crippen LogP contribution is -2.30. The van der Waals surface area contributed by atoms with Gasteiger partial charge < -0.3 is 20.9 Å². The first-order valence-electron chi connectivity index (χ1n) is 8.04. The van der Waals surface area contributed by atoms with Crippen molar-refractivity contribution in [3.63, 3.8) is 0 Å². The Morgan fingerprint density at radius 1 is 1.21 bits per heavy atom. The number of carbonyl (C=O) groups is 1. The number of benzene rings is 2. The Morgan fingerprint density at radius 3 is 2.62 bits per heavy atom. The van der Waals surface area contributed by atoms with Crippen LogP contribution in [0.25, 0.3) is 0 Å². The number of nitrogens with two attached hydrogens (primary N) is 1. The Balaban J connectivity index is 1.84. The van der Waals surface area contributed by atoms with Gasteiger partial charge in [0, 0.05) is 13.0 Å². The van der Waals surface area contributed by atoms with Crippen LogP contribution < -0.4 is 15.8 Å². The van der Waals surface area contributed by atoms with Crippen LogP contribution in [0.3, 0.4) is 0 Å². The van der Waals surface area contributed by atoms with Crippen LogP contribution in [0.1, 0.15) is 24.5 Å². The third-order valence-electron chi connectivity index (χ3n) is 3.55. The summed E-state index contributed by atoms with van der Waals surface area (Å²) in [5, 5.41) is 11.8. The van der Waals surface area contributed by atoms with Crippen LogP contribution in [0, 0.1) is 0 Å². The number of hydrogen-bond acceptors (Lipinski definition) is 4. The summed E-state index contributed by atoms with van der Waals surface area (Å²) < 4.78 is 5.74. The molecule has 0 fully saturated rings. The molecule has 0 aromatic heterocycles. The second kappa shape index (κ2) is 8.93. The highest BCUT2D eigenvalue weighted by atomic mass is 16.5. The molecule has 1 atom stereocenters. The fourth-order valence-corrected chi connectivity index (χ4v) is 2.23. The number of ether oxygens (including phenoxy) is 1. The summed E-state index contributed by atoms with van der Waals surface area (Å²) in [4.78, 5) is 11.7. The van der Waals surface area contributed by atoms with E-state index in [1.807, 2.05) is 48.5 Å². The molecule has 0 heterocycles. The lowest BCUT2D eigenvalue weighted by atomic mass is 10.1. The number of hydrogen-bond donors (Lipinski definition) is 3. The molecule has 4 N–H and O–H groups in total. The number of rotatable bonds is 8. The van der Waals surface area contributed by atoms with Gasteiger partial charge in [-0.1, -0.05) is 36.4 Å². The molecule has 1 amide bonds. The van der Waals surface area contributed by atoms with Crippen molar-refractivity contribution in [2.45, 2.75) is 32.5 Å². The quantitative estimate of drug-likeness (QED) is 0.649. The second-order valence-electron chi connectivity index (χ2n) is 5.80. The van der Waals surface area contributed by atoms with Gasteiger partial charge in [0.2, 0.25) is 5.91 Å². The lowest BCUT2D eigenvalue weighted by molar-refractivity contribution is -0.121. The van der Waals surface area contributed by atoms with Crippen molar-refractivity contribution in [2.24, 2.45) is 0 Å². The van der Waals surface area contributed by atoms with E-state index in [1.54, 1.807) is 6.92 Å². The van der Waals surface area contributed by atoms with Crippen molar-refractivity contribution >= 4 is 11.6 Å². The Kier molecular flexibility index (Phi) is 6.63. The van der Waals surface area contributed by atoms with E-state index < -0.39 is 6.10 Å². The normalized spacial score (nSPS) is 11.8. The lowest BCUT2D eigenvalue weighted by Gasteiger charge is -2.11. The minimum atomic E-state index is -0.536. The second-order valence-corrected chi connectivity index (χ2v) is 5.80. The van der Waals surface area contributed by atoms with E-state index in [4.69, 9.17) is 15.6 Å². The first-order valence-corrected chi connectivity index (χ1v) is 8.04. The van der Waals surface area contributed by atoms with E-state index in [2.05, 4.69) is 5.32 Å². The number of anilines is 1. The van der Waals surface area contributed by atoms with Gasteiger partial charge in [0.1, 0.15) is 12.4 Å². The van der Waals surface area contributed by atoms with Crippen molar-refractivity contribution in [3.05, 3.63) is 59.7 Å². The van der Waals surface area contributed by atoms with Crippen molar-refractivity contribution < 1.29 is 14.6 Å². The summed E-state index contributed by atoms with van der Waals surface area (Å²) in [6.45, 7) is 2.37. The predicted molar refractivity (Wildman–Crippen MR) is 94.6 cm³/mol. The van der Waals surface area contributed by atoms with Gasteiger partial charge in [0.25, 0.3) is 0 Å². The highest BCUT2D eigenvalue weighted by molar-refractivity contribution is 5.76. The first-order chi connectivity index (χ1) is 11.5. The van der Waals surface area contributed by atoms with Crippen LogP contribution in [0.15, 0.2) is 48.5 Å². The molecule has 2 aromatic rings. The molecule has 5 heteroatoms. The molecule has 1 unspecified atom stereocenters. The Bertz CT molecular complexity index is 657. The molecule has 0 spiro atoms. The van der Waals surface area contributed by atoms with Crippen molar-refractivity contribution in [3.8, 4) is 5.75 Å². The van der Waals surface area contributed by atoms with E-state index in [1.165, 1.54) is 0 Å². The van der Waals surface area contributed by atoms with Crippen molar-refractivity contribution in [1.29, 1.82) is 0 Å². The third kappa shape index (κ3) is 5.93. The SMILES string of the molecule is CC(O)CNC(=O)CCc1ccc(OCc2ccccc2)c(N)c1. The average Bonchev–Trinajstić information content (AvgIpc) is 2.58. The van der Waals surface area contributed by atoms with Crippen LogP contribution in [0.4, 0.5) is 5.69 Å². The smallest absolute Gasteiger partial charge is 0.220 e. The summed E-state index contributed by atoms with van der Waals surface area (Å²) in [5.41, 5.74) is 8.65. The third-order valence-corrected chi connectivity index (χ3v) is 3.55. The molecule has 2 rings (SSSR count). The fourth-order valence-electron chi connectivity index (χ4n) is 2.23. The van der Waals surface area contributed by atoms with E-state index in [0.717, 1.165) is 11.1 Å². The maximum atomic E-state index is 11.7. The molecule has 0 saturated heterocycles. The Morgan fingerprint density at radius 2 is 1.96 bits per heavy atom. The molecule has 0 radical (unpaired) electrons. The Labute approximate surface area is 142 Å². The van der Waals surface area contributed by atoms with E-state index in [0.29, 0.717) is 30.9 Å². The highest BCUT2D eigenvalue weighted by Gasteiger charge is 2.06. The zero-order valence-corrected chi connectivity index (χ0v) is 13.9. The zero-order valence-electron chi connectivity index (χ0n) is 13.9. The number of aliphatic hydroxyl groups excluding tert-OH is 1. The van der Waals surface area contributed by atoms with Crippen LogP contribution in [-0.4, -0.2) is 23.7 Å². The monoisotopic (exact) mass is 328 g/mol. The van der Waals surface area contributed by atoms with Gasteiger partial charge in [0.15, 0.2) is 0 Å². The van der Waals surface area contributed by atoms with Crippen molar-refractivity contribution in [2.75, 3.05) is 12.3 Å². The minimum absolute atomic E-state index is 0.0844. The van der Waals surface area contributed by atoms with Crippen molar-refractivity contribution in [1.82, 2.24) is 5.32 Å². The van der Waals surface area contributed by atoms with Gasteiger partial charge in [-0.15, -0.1) is 0 Å². The topological polar surface area (TPSA) is 84.6 Å². The molecule has 0 aliphatic heterocycles. The molecule has 5 nitrogen and oxygen atoms in total. The predicted octanol–water partition coefficient (Wildman–Crippen LogP) is 2.28. The van der Waals surface area contributed by atoms with E-state index in [-0.39, 0.29) is 12.5 Å². The molecule has 24 heavy (non-hydrogen) atoms. The van der Waals surface area contributed by atoms with Crippen LogP contribution >= 0.6 is 0 Å². The maximum Gasteiger partial charge on any atom is 0.220 e. The van der Waals surface area contributed by atoms with Gasteiger partial charge in [-0.05, 0) is 36.6 Å². The fraction of sp³-hybridized carbons (Fsp3) is 0.316. The summed E-state index contributed by atoms with van der Waals surface area (Å²) in [6, 6.07) is 15.5. The van der Waals surface area contributed by atoms with Gasteiger partial charge >= 0.3 is 0 Å². The molecule has 128 valence electrons. The molecular weight excluding hydrogens is 304 g/mol. The van der Waals surface area contributed by atoms with E-state index in [9.17, 15) is 4.79 Å². The summed E-state index contributed by atoms with van der Waals surface area (Å²) in [5.74, 6) is 0.556. The number of nitrogens with one attached hydrogen (secondary N) is 1. The number of aryl methyl sites for hydroxylation is 1. The van der Waals surface area contributed by atoms with Gasteiger partial charge in [-0.25, -0.2) is 0 Å². The summed E-state index contributed by atoms with van der Waals surface area (Å²) >= 11 is 0. The summed E-state index contributed by atoms with van der Waals surface area (Å²) in [6.07, 6.45) is 0.413. The number of aliphatic hydroxyl groups is 1.